The highest BCUT2D eigenvalue weighted by molar-refractivity contribution is 6.37. The minimum atomic E-state index is -0.430. The van der Waals surface area contributed by atoms with Crippen LogP contribution >= 0.6 is 23.2 Å². The van der Waals surface area contributed by atoms with Crippen LogP contribution in [0.1, 0.15) is 15.9 Å². The second kappa shape index (κ2) is 11.0. The van der Waals surface area contributed by atoms with Crippen LogP contribution in [0.25, 0.3) is 0 Å². The third kappa shape index (κ3) is 6.18. The van der Waals surface area contributed by atoms with Crippen LogP contribution in [0.15, 0.2) is 48.1 Å². The SMILES string of the molecule is C#CCOc1c(Cl)cc(/C=N/NC(=O)c2ccc(OCC=C)c(OC)c2)cc1Cl. The van der Waals surface area contributed by atoms with Crippen molar-refractivity contribution in [3.63, 3.8) is 0 Å². The molecule has 0 heterocycles. The van der Waals surface area contributed by atoms with Gasteiger partial charge in [0.1, 0.15) is 13.2 Å². The number of benzene rings is 2. The zero-order valence-corrected chi connectivity index (χ0v) is 17.1. The molecule has 0 aromatic heterocycles. The molecule has 0 radical (unpaired) electrons. The predicted octanol–water partition coefficient (Wildman–Crippen LogP) is 4.34. The van der Waals surface area contributed by atoms with E-state index in [2.05, 4.69) is 23.0 Å². The molecule has 0 fully saturated rings. The summed E-state index contributed by atoms with van der Waals surface area (Å²) in [6.45, 7) is 3.96. The molecular formula is C21H18Cl2N2O4. The molecule has 6 nitrogen and oxygen atoms in total. The molecular weight excluding hydrogens is 415 g/mol. The van der Waals surface area contributed by atoms with Crippen LogP contribution in [0.4, 0.5) is 0 Å². The van der Waals surface area contributed by atoms with Crippen molar-refractivity contribution in [3.8, 4) is 29.6 Å². The van der Waals surface area contributed by atoms with E-state index in [1.165, 1.54) is 13.3 Å². The van der Waals surface area contributed by atoms with E-state index in [1.54, 1.807) is 36.4 Å². The van der Waals surface area contributed by atoms with E-state index in [0.29, 0.717) is 35.0 Å². The number of hydrogen-bond donors (Lipinski definition) is 1. The maximum atomic E-state index is 12.3. The number of amides is 1. The Labute approximate surface area is 179 Å². The highest BCUT2D eigenvalue weighted by atomic mass is 35.5. The van der Waals surface area contributed by atoms with Gasteiger partial charge in [-0.2, -0.15) is 5.10 Å². The van der Waals surface area contributed by atoms with Gasteiger partial charge >= 0.3 is 0 Å². The van der Waals surface area contributed by atoms with Gasteiger partial charge in [0.25, 0.3) is 5.91 Å². The Kier molecular flexibility index (Phi) is 8.41. The standard InChI is InChI=1S/C21H18Cl2N2O4/c1-4-8-28-18-7-6-15(12-19(18)27-3)21(26)25-24-13-14-10-16(22)20(17(23)11-14)29-9-5-2/h2,4,6-7,10-13H,1,8-9H2,3H3,(H,25,26)/b24-13+. The summed E-state index contributed by atoms with van der Waals surface area (Å²) in [5, 5.41) is 4.48. The van der Waals surface area contributed by atoms with E-state index in [1.807, 2.05) is 0 Å². The summed E-state index contributed by atoms with van der Waals surface area (Å²) in [6.07, 6.45) is 8.17. The Bertz CT molecular complexity index is 945. The largest absolute Gasteiger partial charge is 0.493 e. The average molecular weight is 433 g/mol. The van der Waals surface area contributed by atoms with Gasteiger partial charge in [0, 0.05) is 5.56 Å². The lowest BCUT2D eigenvalue weighted by Gasteiger charge is -2.10. The Hall–Kier alpha value is -3.14. The summed E-state index contributed by atoms with van der Waals surface area (Å²) in [7, 11) is 1.49. The van der Waals surface area contributed by atoms with Crippen molar-refractivity contribution in [1.82, 2.24) is 5.43 Å². The molecule has 1 amide bonds. The number of hydrogen-bond acceptors (Lipinski definition) is 5. The molecule has 8 heteroatoms. The lowest BCUT2D eigenvalue weighted by molar-refractivity contribution is 0.0954. The van der Waals surface area contributed by atoms with Crippen molar-refractivity contribution in [2.45, 2.75) is 0 Å². The first-order chi connectivity index (χ1) is 14.0. The maximum Gasteiger partial charge on any atom is 0.271 e. The van der Waals surface area contributed by atoms with Crippen LogP contribution in [0.2, 0.25) is 10.0 Å². The van der Waals surface area contributed by atoms with E-state index >= 15 is 0 Å². The molecule has 2 rings (SSSR count). The molecule has 0 aliphatic carbocycles. The molecule has 2 aromatic carbocycles. The third-order valence-corrected chi connectivity index (χ3v) is 4.04. The fourth-order valence-corrected chi connectivity index (χ4v) is 2.83. The normalized spacial score (nSPS) is 10.3. The van der Waals surface area contributed by atoms with Crippen molar-refractivity contribution in [3.05, 3.63) is 64.2 Å². The first-order valence-corrected chi connectivity index (χ1v) is 9.06. The lowest BCUT2D eigenvalue weighted by Crippen LogP contribution is -2.17. The molecule has 0 unspecified atom stereocenters. The van der Waals surface area contributed by atoms with Gasteiger partial charge in [-0.15, -0.1) is 6.42 Å². The van der Waals surface area contributed by atoms with Gasteiger partial charge in [0.05, 0.1) is 23.4 Å². The van der Waals surface area contributed by atoms with Crippen LogP contribution in [0.3, 0.4) is 0 Å². The van der Waals surface area contributed by atoms with E-state index < -0.39 is 5.91 Å². The van der Waals surface area contributed by atoms with Gasteiger partial charge in [-0.3, -0.25) is 4.79 Å². The van der Waals surface area contributed by atoms with Crippen molar-refractivity contribution < 1.29 is 19.0 Å². The van der Waals surface area contributed by atoms with E-state index in [9.17, 15) is 4.79 Å². The van der Waals surface area contributed by atoms with Gasteiger partial charge in [0.15, 0.2) is 17.2 Å². The zero-order chi connectivity index (χ0) is 21.2. The summed E-state index contributed by atoms with van der Waals surface area (Å²) in [5.74, 6) is 3.12. The fraction of sp³-hybridized carbons (Fsp3) is 0.143. The van der Waals surface area contributed by atoms with Gasteiger partial charge in [-0.1, -0.05) is 41.8 Å². The Morgan fingerprint density at radius 2 is 1.97 bits per heavy atom. The molecule has 0 aliphatic heterocycles. The van der Waals surface area contributed by atoms with Crippen LogP contribution in [-0.4, -0.2) is 32.4 Å². The number of terminal acetylenes is 1. The number of carbonyl (C=O) groups is 1. The summed E-state index contributed by atoms with van der Waals surface area (Å²) in [5.41, 5.74) is 3.34. The highest BCUT2D eigenvalue weighted by Gasteiger charge is 2.11. The number of ether oxygens (including phenoxy) is 3. The van der Waals surface area contributed by atoms with Crippen LogP contribution < -0.4 is 19.6 Å². The number of nitrogens with zero attached hydrogens (tertiary/aromatic N) is 1. The van der Waals surface area contributed by atoms with E-state index in [4.69, 9.17) is 43.8 Å². The molecule has 0 spiro atoms. The lowest BCUT2D eigenvalue weighted by atomic mass is 10.2. The molecule has 2 aromatic rings. The Balaban J connectivity index is 2.07. The number of hydrazone groups is 1. The molecule has 1 N–H and O–H groups in total. The van der Waals surface area contributed by atoms with E-state index in [0.717, 1.165) is 0 Å². The first kappa shape index (κ1) is 22.2. The number of methoxy groups -OCH3 is 1. The molecule has 0 aliphatic rings. The first-order valence-electron chi connectivity index (χ1n) is 8.30. The van der Waals surface area contributed by atoms with Crippen LogP contribution in [0.5, 0.6) is 17.2 Å². The Morgan fingerprint density at radius 3 is 2.59 bits per heavy atom. The van der Waals surface area contributed by atoms with Gasteiger partial charge in [0.2, 0.25) is 0 Å². The molecule has 29 heavy (non-hydrogen) atoms. The van der Waals surface area contributed by atoms with Crippen molar-refractivity contribution in [2.75, 3.05) is 20.3 Å². The smallest absolute Gasteiger partial charge is 0.271 e. The maximum absolute atomic E-state index is 12.3. The minimum Gasteiger partial charge on any atom is -0.493 e. The monoisotopic (exact) mass is 432 g/mol. The van der Waals surface area contributed by atoms with Crippen LogP contribution in [0, 0.1) is 12.3 Å². The Morgan fingerprint density at radius 1 is 1.24 bits per heavy atom. The second-order valence-electron chi connectivity index (χ2n) is 5.47. The quantitative estimate of drug-likeness (QED) is 0.277. The highest BCUT2D eigenvalue weighted by Crippen LogP contribution is 2.33. The molecule has 0 bridgehead atoms. The number of nitrogens with one attached hydrogen (secondary N) is 1. The van der Waals surface area contributed by atoms with Crippen molar-refractivity contribution in [1.29, 1.82) is 0 Å². The zero-order valence-electron chi connectivity index (χ0n) is 15.6. The third-order valence-electron chi connectivity index (χ3n) is 3.48. The number of rotatable bonds is 9. The van der Waals surface area contributed by atoms with Crippen molar-refractivity contribution >= 4 is 35.3 Å². The minimum absolute atomic E-state index is 0.0455. The topological polar surface area (TPSA) is 69.2 Å². The predicted molar refractivity (Wildman–Crippen MR) is 115 cm³/mol. The van der Waals surface area contributed by atoms with Gasteiger partial charge < -0.3 is 14.2 Å². The molecule has 0 saturated heterocycles. The number of halogens is 2. The van der Waals surface area contributed by atoms with Gasteiger partial charge in [-0.25, -0.2) is 5.43 Å². The van der Waals surface area contributed by atoms with Crippen LogP contribution in [-0.2, 0) is 0 Å². The van der Waals surface area contributed by atoms with E-state index in [-0.39, 0.29) is 16.7 Å². The molecule has 0 atom stereocenters. The van der Waals surface area contributed by atoms with Gasteiger partial charge in [-0.05, 0) is 35.9 Å². The van der Waals surface area contributed by atoms with Crippen molar-refractivity contribution in [2.24, 2.45) is 5.10 Å². The number of carbonyl (C=O) groups excluding carboxylic acids is 1. The summed E-state index contributed by atoms with van der Waals surface area (Å²) >= 11 is 12.3. The summed E-state index contributed by atoms with van der Waals surface area (Å²) in [6, 6.07) is 7.95. The molecule has 150 valence electrons. The summed E-state index contributed by atoms with van der Waals surface area (Å²) in [4.78, 5) is 12.3. The second-order valence-corrected chi connectivity index (χ2v) is 6.29. The summed E-state index contributed by atoms with van der Waals surface area (Å²) < 4.78 is 16.0. The molecule has 0 saturated carbocycles. The average Bonchev–Trinajstić information content (AvgIpc) is 2.71. The fourth-order valence-electron chi connectivity index (χ4n) is 2.21.